The third-order valence-corrected chi connectivity index (χ3v) is 6.59. The second-order valence-electron chi connectivity index (χ2n) is 8.96. The first-order valence-electron chi connectivity index (χ1n) is 9.31. The van der Waals surface area contributed by atoms with Gasteiger partial charge in [-0.3, -0.25) is 9.59 Å². The predicted octanol–water partition coefficient (Wildman–Crippen LogP) is 3.75. The highest BCUT2D eigenvalue weighted by molar-refractivity contribution is 6.24. The minimum Gasteiger partial charge on any atom is -0.455 e. The molecular weight excluding hydrogens is 326 g/mol. The van der Waals surface area contributed by atoms with E-state index in [1.165, 1.54) is 6.42 Å². The highest BCUT2D eigenvalue weighted by atomic mass is 35.5. The van der Waals surface area contributed by atoms with Gasteiger partial charge in [-0.1, -0.05) is 0 Å². The molecule has 0 N–H and O–H groups in total. The number of esters is 1. The Morgan fingerprint density at radius 1 is 1.08 bits per heavy atom. The fourth-order valence-electron chi connectivity index (χ4n) is 5.92. The molecule has 0 aliphatic heterocycles. The van der Waals surface area contributed by atoms with Crippen LogP contribution in [0.1, 0.15) is 66.2 Å². The zero-order valence-corrected chi connectivity index (χ0v) is 16.1. The number of carbonyl (C=O) groups excluding carboxylic acids is 2. The Kier molecular flexibility index (Phi) is 4.65. The van der Waals surface area contributed by atoms with Crippen LogP contribution in [0.2, 0.25) is 0 Å². The van der Waals surface area contributed by atoms with Gasteiger partial charge in [0.25, 0.3) is 5.91 Å². The third-order valence-electron chi connectivity index (χ3n) is 6.15. The molecule has 0 saturated heterocycles. The van der Waals surface area contributed by atoms with Gasteiger partial charge in [0.05, 0.1) is 5.41 Å². The number of hydrogen-bond acceptors (Lipinski definition) is 3. The van der Waals surface area contributed by atoms with Crippen molar-refractivity contribution in [1.29, 1.82) is 0 Å². The van der Waals surface area contributed by atoms with E-state index in [4.69, 9.17) is 16.3 Å². The fraction of sp³-hybridized carbons (Fsp3) is 0.895. The molecule has 0 unspecified atom stereocenters. The second kappa shape index (κ2) is 6.19. The van der Waals surface area contributed by atoms with Crippen LogP contribution in [0.15, 0.2) is 0 Å². The van der Waals surface area contributed by atoms with Crippen LogP contribution in [0.3, 0.4) is 0 Å². The molecule has 4 aliphatic rings. The summed E-state index contributed by atoms with van der Waals surface area (Å²) < 4.78 is 5.53. The van der Waals surface area contributed by atoms with E-state index < -0.39 is 5.41 Å². The van der Waals surface area contributed by atoms with E-state index in [2.05, 4.69) is 0 Å². The van der Waals surface area contributed by atoms with Gasteiger partial charge in [-0.25, -0.2) is 0 Å². The first-order chi connectivity index (χ1) is 11.1. The number of amides is 1. The number of alkyl halides is 1. The Bertz CT molecular complexity index is 509. The molecule has 0 spiro atoms. The van der Waals surface area contributed by atoms with E-state index in [0.29, 0.717) is 11.8 Å². The van der Waals surface area contributed by atoms with Crippen LogP contribution in [0, 0.1) is 17.3 Å². The summed E-state index contributed by atoms with van der Waals surface area (Å²) in [5, 5.41) is 0. The fourth-order valence-corrected chi connectivity index (χ4v) is 6.61. The van der Waals surface area contributed by atoms with Crippen molar-refractivity contribution in [2.75, 3.05) is 6.61 Å². The van der Waals surface area contributed by atoms with Gasteiger partial charge in [0, 0.05) is 17.0 Å². The largest absolute Gasteiger partial charge is 0.455 e. The molecule has 2 atom stereocenters. The molecule has 4 fully saturated rings. The maximum absolute atomic E-state index is 12.9. The van der Waals surface area contributed by atoms with Gasteiger partial charge in [0.1, 0.15) is 0 Å². The van der Waals surface area contributed by atoms with Gasteiger partial charge in [0.15, 0.2) is 6.61 Å². The highest BCUT2D eigenvalue weighted by Crippen LogP contribution is 2.64. The number of hydrogen-bond donors (Lipinski definition) is 0. The van der Waals surface area contributed by atoms with Crippen LogP contribution in [-0.4, -0.2) is 40.3 Å². The van der Waals surface area contributed by atoms with Crippen molar-refractivity contribution in [2.24, 2.45) is 17.3 Å². The highest BCUT2D eigenvalue weighted by Gasteiger charge is 2.60. The molecule has 0 aromatic rings. The Labute approximate surface area is 150 Å². The Balaban J connectivity index is 1.64. The monoisotopic (exact) mass is 355 g/mol. The van der Waals surface area contributed by atoms with Crippen molar-refractivity contribution in [1.82, 2.24) is 4.90 Å². The van der Waals surface area contributed by atoms with Crippen LogP contribution in [0.25, 0.3) is 0 Å². The van der Waals surface area contributed by atoms with Gasteiger partial charge in [-0.05, 0) is 78.1 Å². The molecular formula is C19H30ClNO3. The summed E-state index contributed by atoms with van der Waals surface area (Å²) in [7, 11) is 0. The van der Waals surface area contributed by atoms with Gasteiger partial charge < -0.3 is 9.64 Å². The van der Waals surface area contributed by atoms with Gasteiger partial charge in [0.2, 0.25) is 0 Å². The van der Waals surface area contributed by atoms with Crippen molar-refractivity contribution in [3.8, 4) is 0 Å². The summed E-state index contributed by atoms with van der Waals surface area (Å²) in [4.78, 5) is 26.9. The molecule has 0 aromatic heterocycles. The first-order valence-corrected chi connectivity index (χ1v) is 9.69. The number of ether oxygens (including phenoxy) is 1. The summed E-state index contributed by atoms with van der Waals surface area (Å²) in [6.45, 7) is 7.78. The molecule has 4 rings (SSSR count). The zero-order chi connectivity index (χ0) is 17.7. The standard InChI is InChI=1S/C19H30ClNO3/c1-12(2)21(13(3)4)16(22)10-24-17(23)18-6-14-5-15(7-18)9-19(20,8-14)11-18/h12-15H,5-11H2,1-4H3/t14-,15-,18?,19?/m1/s1. The topological polar surface area (TPSA) is 46.6 Å². The molecule has 5 heteroatoms. The molecule has 0 radical (unpaired) electrons. The van der Waals surface area contributed by atoms with Crippen LogP contribution in [0.4, 0.5) is 0 Å². The Hall–Kier alpha value is -0.770. The number of carbonyl (C=O) groups is 2. The molecule has 0 aromatic carbocycles. The minimum atomic E-state index is -0.438. The first kappa shape index (κ1) is 18.0. The quantitative estimate of drug-likeness (QED) is 0.557. The van der Waals surface area contributed by atoms with Crippen LogP contribution < -0.4 is 0 Å². The maximum atomic E-state index is 12.9. The summed E-state index contributed by atoms with van der Waals surface area (Å²) in [5.74, 6) is 0.797. The molecule has 0 heterocycles. The van der Waals surface area contributed by atoms with E-state index in [0.717, 1.165) is 32.1 Å². The van der Waals surface area contributed by atoms with E-state index >= 15 is 0 Å². The minimum absolute atomic E-state index is 0.0989. The lowest BCUT2D eigenvalue weighted by Crippen LogP contribution is -2.56. The predicted molar refractivity (Wildman–Crippen MR) is 93.8 cm³/mol. The normalized spacial score (nSPS) is 37.1. The maximum Gasteiger partial charge on any atom is 0.312 e. The van der Waals surface area contributed by atoms with Gasteiger partial charge >= 0.3 is 5.97 Å². The van der Waals surface area contributed by atoms with Crippen LogP contribution >= 0.6 is 11.6 Å². The average molecular weight is 356 g/mol. The molecule has 4 saturated carbocycles. The van der Waals surface area contributed by atoms with E-state index in [1.807, 2.05) is 27.7 Å². The number of nitrogens with zero attached hydrogens (tertiary/aromatic N) is 1. The lowest BCUT2D eigenvalue weighted by Gasteiger charge is -2.58. The third kappa shape index (κ3) is 3.18. The lowest BCUT2D eigenvalue weighted by molar-refractivity contribution is -0.173. The molecule has 4 nitrogen and oxygen atoms in total. The smallest absolute Gasteiger partial charge is 0.312 e. The molecule has 4 bridgehead atoms. The van der Waals surface area contributed by atoms with Crippen molar-refractivity contribution in [3.63, 3.8) is 0 Å². The number of rotatable bonds is 5. The van der Waals surface area contributed by atoms with E-state index in [9.17, 15) is 9.59 Å². The Morgan fingerprint density at radius 2 is 1.62 bits per heavy atom. The van der Waals surface area contributed by atoms with E-state index in [-0.39, 0.29) is 35.4 Å². The van der Waals surface area contributed by atoms with Crippen LogP contribution in [-0.2, 0) is 14.3 Å². The summed E-state index contributed by atoms with van der Waals surface area (Å²) in [6, 6.07) is 0.198. The lowest BCUT2D eigenvalue weighted by atomic mass is 9.49. The number of halogens is 1. The second-order valence-corrected chi connectivity index (χ2v) is 9.76. The summed E-state index contributed by atoms with van der Waals surface area (Å²) in [6.07, 6.45) is 5.78. The van der Waals surface area contributed by atoms with Crippen molar-refractivity contribution < 1.29 is 14.3 Å². The van der Waals surface area contributed by atoms with Crippen molar-refractivity contribution in [2.45, 2.75) is 83.2 Å². The molecule has 4 aliphatic carbocycles. The van der Waals surface area contributed by atoms with Crippen molar-refractivity contribution >= 4 is 23.5 Å². The van der Waals surface area contributed by atoms with Gasteiger partial charge in [-0.15, -0.1) is 11.6 Å². The average Bonchev–Trinajstić information content (AvgIpc) is 2.41. The molecule has 24 heavy (non-hydrogen) atoms. The van der Waals surface area contributed by atoms with E-state index in [1.54, 1.807) is 4.90 Å². The summed E-state index contributed by atoms with van der Waals surface area (Å²) >= 11 is 6.78. The summed E-state index contributed by atoms with van der Waals surface area (Å²) in [5.41, 5.74) is -0.438. The molecule has 136 valence electrons. The van der Waals surface area contributed by atoms with Gasteiger partial charge in [-0.2, -0.15) is 0 Å². The Morgan fingerprint density at radius 3 is 2.08 bits per heavy atom. The SMILES string of the molecule is CC(C)N(C(=O)COC(=O)C12C[C@H]3C[C@@H](CC(Cl)(C3)C1)C2)C(C)C. The molecule has 1 amide bonds. The van der Waals surface area contributed by atoms with Crippen molar-refractivity contribution in [3.05, 3.63) is 0 Å². The zero-order valence-electron chi connectivity index (χ0n) is 15.3. The van der Waals surface area contributed by atoms with Crippen LogP contribution in [0.5, 0.6) is 0 Å².